The third-order valence-electron chi connectivity index (χ3n) is 2.84. The number of carbonyl (C=O) groups is 1. The predicted molar refractivity (Wildman–Crippen MR) is 80.1 cm³/mol. The molecule has 116 valence electrons. The van der Waals surface area contributed by atoms with Gasteiger partial charge in [0.2, 0.25) is 5.75 Å². The van der Waals surface area contributed by atoms with Crippen LogP contribution in [-0.4, -0.2) is 26.7 Å². The van der Waals surface area contributed by atoms with E-state index in [1.807, 2.05) is 0 Å². The van der Waals surface area contributed by atoms with Gasteiger partial charge >= 0.3 is 0 Å². The number of nitrogens with one attached hydrogen (secondary N) is 1. The molecule has 2 aromatic carbocycles. The number of rotatable bonds is 6. The molecule has 0 atom stereocenters. The van der Waals surface area contributed by atoms with Crippen LogP contribution in [0.25, 0.3) is 0 Å². The topological polar surface area (TPSA) is 56.8 Å². The molecule has 0 saturated heterocycles. The zero-order valence-electron chi connectivity index (χ0n) is 12.3. The van der Waals surface area contributed by atoms with Crippen LogP contribution >= 0.6 is 0 Å². The van der Waals surface area contributed by atoms with Gasteiger partial charge in [0.05, 0.1) is 14.2 Å². The minimum Gasteiger partial charge on any atom is -0.493 e. The van der Waals surface area contributed by atoms with Crippen LogP contribution in [0.2, 0.25) is 0 Å². The van der Waals surface area contributed by atoms with Crippen molar-refractivity contribution >= 4 is 11.6 Å². The van der Waals surface area contributed by atoms with Crippen molar-refractivity contribution in [1.29, 1.82) is 0 Å². The first-order chi connectivity index (χ1) is 10.6. The Kier molecular flexibility index (Phi) is 5.19. The molecule has 1 N–H and O–H groups in total. The molecule has 0 aromatic heterocycles. The van der Waals surface area contributed by atoms with E-state index in [-0.39, 0.29) is 6.61 Å². The molecular weight excluding hydrogens is 289 g/mol. The van der Waals surface area contributed by atoms with E-state index in [1.165, 1.54) is 32.4 Å². The summed E-state index contributed by atoms with van der Waals surface area (Å²) in [7, 11) is 2.99. The molecule has 0 saturated carbocycles. The number of para-hydroxylation sites is 1. The second-order valence-electron chi connectivity index (χ2n) is 4.34. The molecule has 0 unspecified atom stereocenters. The summed E-state index contributed by atoms with van der Waals surface area (Å²) in [5.74, 6) is 0.404. The molecule has 0 fully saturated rings. The fourth-order valence-electron chi connectivity index (χ4n) is 1.86. The highest BCUT2D eigenvalue weighted by molar-refractivity contribution is 5.91. The Morgan fingerprint density at radius 2 is 1.73 bits per heavy atom. The smallest absolute Gasteiger partial charge is 0.262 e. The van der Waals surface area contributed by atoms with Gasteiger partial charge in [-0.25, -0.2) is 4.39 Å². The van der Waals surface area contributed by atoms with Gasteiger partial charge in [-0.1, -0.05) is 12.1 Å². The molecule has 5 nitrogen and oxygen atoms in total. The summed E-state index contributed by atoms with van der Waals surface area (Å²) in [5, 5.41) is 2.54. The lowest BCUT2D eigenvalue weighted by molar-refractivity contribution is -0.118. The molecule has 0 radical (unpaired) electrons. The summed E-state index contributed by atoms with van der Waals surface area (Å²) in [6, 6.07) is 10.8. The Morgan fingerprint density at radius 3 is 2.32 bits per heavy atom. The summed E-state index contributed by atoms with van der Waals surface area (Å²) in [4.78, 5) is 11.9. The van der Waals surface area contributed by atoms with E-state index in [0.717, 1.165) is 0 Å². The number of hydrogen-bond acceptors (Lipinski definition) is 4. The second-order valence-corrected chi connectivity index (χ2v) is 4.34. The molecule has 0 spiro atoms. The Balaban J connectivity index is 2.02. The van der Waals surface area contributed by atoms with Crippen molar-refractivity contribution in [1.82, 2.24) is 0 Å². The lowest BCUT2D eigenvalue weighted by Gasteiger charge is -2.14. The van der Waals surface area contributed by atoms with Crippen LogP contribution < -0.4 is 19.5 Å². The highest BCUT2D eigenvalue weighted by Gasteiger charge is 2.13. The van der Waals surface area contributed by atoms with E-state index >= 15 is 0 Å². The summed E-state index contributed by atoms with van der Waals surface area (Å²) >= 11 is 0. The summed E-state index contributed by atoms with van der Waals surface area (Å²) < 4.78 is 28.8. The summed E-state index contributed by atoms with van der Waals surface area (Å²) in [5.41, 5.74) is 0.362. The van der Waals surface area contributed by atoms with Gasteiger partial charge in [0.25, 0.3) is 5.91 Å². The first-order valence-electron chi connectivity index (χ1n) is 6.53. The monoisotopic (exact) mass is 305 g/mol. The Bertz CT molecular complexity index is 638. The minimum atomic E-state index is -0.426. The molecule has 0 bridgehead atoms. The van der Waals surface area contributed by atoms with Crippen molar-refractivity contribution in [2.75, 3.05) is 26.1 Å². The van der Waals surface area contributed by atoms with E-state index in [9.17, 15) is 9.18 Å². The Morgan fingerprint density at radius 1 is 1.09 bits per heavy atom. The number of ether oxygens (including phenoxy) is 3. The predicted octanol–water partition coefficient (Wildman–Crippen LogP) is 2.86. The van der Waals surface area contributed by atoms with Gasteiger partial charge in [-0.05, 0) is 30.3 Å². The maximum absolute atomic E-state index is 13.1. The van der Waals surface area contributed by atoms with Gasteiger partial charge in [0.1, 0.15) is 5.82 Å². The fourth-order valence-corrected chi connectivity index (χ4v) is 1.86. The fraction of sp³-hybridized carbons (Fsp3) is 0.188. The first kappa shape index (κ1) is 15.6. The van der Waals surface area contributed by atoms with Crippen molar-refractivity contribution in [3.63, 3.8) is 0 Å². The zero-order chi connectivity index (χ0) is 15.9. The number of methoxy groups -OCH3 is 2. The van der Waals surface area contributed by atoms with Gasteiger partial charge < -0.3 is 19.5 Å². The SMILES string of the molecule is COc1cccc(OC)c1OCC(=O)Nc1cccc(F)c1. The molecule has 2 rings (SSSR count). The summed E-state index contributed by atoms with van der Waals surface area (Å²) in [6.45, 7) is -0.257. The Hall–Kier alpha value is -2.76. The van der Waals surface area contributed by atoms with Crippen molar-refractivity contribution in [3.05, 3.63) is 48.3 Å². The minimum absolute atomic E-state index is 0.257. The highest BCUT2D eigenvalue weighted by Crippen LogP contribution is 2.36. The van der Waals surface area contributed by atoms with Crippen LogP contribution in [0.4, 0.5) is 10.1 Å². The number of halogens is 1. The van der Waals surface area contributed by atoms with Crippen LogP contribution in [0.15, 0.2) is 42.5 Å². The van der Waals surface area contributed by atoms with Gasteiger partial charge in [-0.3, -0.25) is 4.79 Å². The molecule has 1 amide bonds. The van der Waals surface area contributed by atoms with E-state index in [1.54, 1.807) is 24.3 Å². The largest absolute Gasteiger partial charge is 0.493 e. The number of carbonyl (C=O) groups excluding carboxylic acids is 1. The van der Waals surface area contributed by atoms with E-state index in [0.29, 0.717) is 22.9 Å². The van der Waals surface area contributed by atoms with Crippen molar-refractivity contribution in [2.24, 2.45) is 0 Å². The average molecular weight is 305 g/mol. The normalized spacial score (nSPS) is 9.95. The maximum atomic E-state index is 13.1. The molecule has 0 heterocycles. The average Bonchev–Trinajstić information content (AvgIpc) is 2.52. The van der Waals surface area contributed by atoms with Crippen LogP contribution in [0.3, 0.4) is 0 Å². The van der Waals surface area contributed by atoms with Crippen molar-refractivity contribution in [2.45, 2.75) is 0 Å². The number of benzene rings is 2. The number of amides is 1. The van der Waals surface area contributed by atoms with Gasteiger partial charge in [0, 0.05) is 5.69 Å². The van der Waals surface area contributed by atoms with Crippen molar-refractivity contribution in [3.8, 4) is 17.2 Å². The third kappa shape index (κ3) is 3.88. The molecule has 2 aromatic rings. The van der Waals surface area contributed by atoms with Crippen LogP contribution in [0.5, 0.6) is 17.2 Å². The van der Waals surface area contributed by atoms with E-state index in [4.69, 9.17) is 14.2 Å². The quantitative estimate of drug-likeness (QED) is 0.891. The standard InChI is InChI=1S/C16H16FNO4/c1-20-13-7-4-8-14(21-2)16(13)22-10-15(19)18-12-6-3-5-11(17)9-12/h3-9H,10H2,1-2H3,(H,18,19). The van der Waals surface area contributed by atoms with Gasteiger partial charge in [-0.2, -0.15) is 0 Å². The van der Waals surface area contributed by atoms with E-state index < -0.39 is 11.7 Å². The van der Waals surface area contributed by atoms with Crippen molar-refractivity contribution < 1.29 is 23.4 Å². The first-order valence-corrected chi connectivity index (χ1v) is 6.53. The summed E-state index contributed by atoms with van der Waals surface area (Å²) in [6.07, 6.45) is 0. The van der Waals surface area contributed by atoms with Gasteiger partial charge in [-0.15, -0.1) is 0 Å². The van der Waals surface area contributed by atoms with E-state index in [2.05, 4.69) is 5.32 Å². The molecule has 6 heteroatoms. The number of anilines is 1. The lowest BCUT2D eigenvalue weighted by Crippen LogP contribution is -2.20. The van der Waals surface area contributed by atoms with Crippen LogP contribution in [-0.2, 0) is 4.79 Å². The third-order valence-corrected chi connectivity index (χ3v) is 2.84. The van der Waals surface area contributed by atoms with Crippen LogP contribution in [0, 0.1) is 5.82 Å². The molecule has 0 aliphatic rings. The lowest BCUT2D eigenvalue weighted by atomic mass is 10.3. The molecular formula is C16H16FNO4. The zero-order valence-corrected chi connectivity index (χ0v) is 12.3. The van der Waals surface area contributed by atoms with Gasteiger partial charge in [0.15, 0.2) is 18.1 Å². The molecule has 0 aliphatic carbocycles. The van der Waals surface area contributed by atoms with Crippen LogP contribution in [0.1, 0.15) is 0 Å². The highest BCUT2D eigenvalue weighted by atomic mass is 19.1. The number of hydrogen-bond donors (Lipinski definition) is 1. The Labute approximate surface area is 127 Å². The second kappa shape index (κ2) is 7.31. The molecule has 22 heavy (non-hydrogen) atoms. The maximum Gasteiger partial charge on any atom is 0.262 e. The molecule has 0 aliphatic heterocycles.